The van der Waals surface area contributed by atoms with Gasteiger partial charge in [0.25, 0.3) is 0 Å². The third kappa shape index (κ3) is 4.88. The van der Waals surface area contributed by atoms with Crippen LogP contribution in [-0.4, -0.2) is 29.1 Å². The maximum atomic E-state index is 11.9. The minimum absolute atomic E-state index is 0.236. The molecule has 0 radical (unpaired) electrons. The number of esters is 2. The van der Waals surface area contributed by atoms with Crippen LogP contribution in [0.25, 0.3) is 0 Å². The highest BCUT2D eigenvalue weighted by atomic mass is 16.6. The van der Waals surface area contributed by atoms with Gasteiger partial charge in [-0.05, 0) is 39.8 Å². The molecule has 1 aromatic heterocycles. The highest BCUT2D eigenvalue weighted by molar-refractivity contribution is 5.89. The number of aromatic nitrogens is 1. The minimum Gasteiger partial charge on any atom is -0.462 e. The van der Waals surface area contributed by atoms with Crippen LogP contribution in [0.4, 0.5) is 0 Å². The predicted molar refractivity (Wildman–Crippen MR) is 74.4 cm³/mol. The summed E-state index contributed by atoms with van der Waals surface area (Å²) in [5.74, 6) is -2.29. The fraction of sp³-hybridized carbons (Fsp3) is 0.467. The van der Waals surface area contributed by atoms with E-state index in [1.165, 1.54) is 18.3 Å². The molecule has 1 heterocycles. The van der Waals surface area contributed by atoms with Gasteiger partial charge in [-0.15, -0.1) is 0 Å². The molecule has 0 saturated heterocycles. The molecule has 1 atom stereocenters. The average Bonchev–Trinajstić information content (AvgIpc) is 2.38. The van der Waals surface area contributed by atoms with Gasteiger partial charge in [0.05, 0.1) is 23.9 Å². The van der Waals surface area contributed by atoms with Crippen LogP contribution >= 0.6 is 0 Å². The third-order valence-corrected chi connectivity index (χ3v) is 2.36. The zero-order valence-electron chi connectivity index (χ0n) is 12.5. The van der Waals surface area contributed by atoms with Gasteiger partial charge < -0.3 is 9.47 Å². The van der Waals surface area contributed by atoms with Gasteiger partial charge in [-0.2, -0.15) is 5.26 Å². The Balaban J connectivity index is 2.91. The summed E-state index contributed by atoms with van der Waals surface area (Å²) in [5.41, 5.74) is -0.182. The van der Waals surface area contributed by atoms with Gasteiger partial charge in [-0.3, -0.25) is 9.78 Å². The molecule has 6 heteroatoms. The Kier molecular flexibility index (Phi) is 5.42. The van der Waals surface area contributed by atoms with Crippen molar-refractivity contribution >= 4 is 11.9 Å². The van der Waals surface area contributed by atoms with E-state index in [1.54, 1.807) is 27.7 Å². The van der Waals surface area contributed by atoms with Crippen molar-refractivity contribution in [1.82, 2.24) is 4.98 Å². The summed E-state index contributed by atoms with van der Waals surface area (Å²) in [4.78, 5) is 27.4. The molecule has 1 aromatic rings. The first-order valence-corrected chi connectivity index (χ1v) is 6.54. The zero-order chi connectivity index (χ0) is 16.0. The lowest BCUT2D eigenvalue weighted by molar-refractivity contribution is -0.155. The van der Waals surface area contributed by atoms with Gasteiger partial charge in [-0.1, -0.05) is 0 Å². The molecule has 0 aliphatic heterocycles. The first-order valence-electron chi connectivity index (χ1n) is 6.54. The van der Waals surface area contributed by atoms with Gasteiger partial charge in [0.1, 0.15) is 5.60 Å². The van der Waals surface area contributed by atoms with E-state index in [0.29, 0.717) is 0 Å². The number of carbonyl (C=O) groups excluding carboxylic acids is 2. The molecule has 0 bridgehead atoms. The van der Waals surface area contributed by atoms with E-state index in [4.69, 9.17) is 14.7 Å². The first kappa shape index (κ1) is 16.6. The Morgan fingerprint density at radius 1 is 1.38 bits per heavy atom. The average molecular weight is 290 g/mol. The van der Waals surface area contributed by atoms with E-state index >= 15 is 0 Å². The number of ether oxygens (including phenoxy) is 2. The van der Waals surface area contributed by atoms with Crippen LogP contribution < -0.4 is 0 Å². The number of rotatable bonds is 4. The van der Waals surface area contributed by atoms with Crippen molar-refractivity contribution in [2.75, 3.05) is 6.61 Å². The Morgan fingerprint density at radius 2 is 2.05 bits per heavy atom. The summed E-state index contributed by atoms with van der Waals surface area (Å²) in [7, 11) is 0. The molecule has 0 saturated carbocycles. The van der Waals surface area contributed by atoms with E-state index in [2.05, 4.69) is 4.98 Å². The van der Waals surface area contributed by atoms with Gasteiger partial charge in [0.15, 0.2) is 5.92 Å². The van der Waals surface area contributed by atoms with E-state index in [1.807, 2.05) is 6.07 Å². The maximum Gasteiger partial charge on any atom is 0.339 e. The van der Waals surface area contributed by atoms with Crippen molar-refractivity contribution in [1.29, 1.82) is 5.26 Å². The quantitative estimate of drug-likeness (QED) is 0.790. The molecular weight excluding hydrogens is 272 g/mol. The number of hydrogen-bond acceptors (Lipinski definition) is 6. The molecule has 0 spiro atoms. The molecule has 1 unspecified atom stereocenters. The van der Waals surface area contributed by atoms with Crippen LogP contribution in [0.15, 0.2) is 18.3 Å². The highest BCUT2D eigenvalue weighted by Gasteiger charge is 2.27. The third-order valence-electron chi connectivity index (χ3n) is 2.36. The van der Waals surface area contributed by atoms with Crippen LogP contribution in [-0.2, 0) is 14.3 Å². The lowest BCUT2D eigenvalue weighted by Crippen LogP contribution is -2.27. The van der Waals surface area contributed by atoms with E-state index < -0.39 is 23.5 Å². The van der Waals surface area contributed by atoms with Crippen LogP contribution in [0.5, 0.6) is 0 Å². The van der Waals surface area contributed by atoms with Crippen LogP contribution in [0.3, 0.4) is 0 Å². The molecule has 0 aliphatic rings. The standard InChI is InChI=1S/C15H18N2O4/c1-5-20-13(18)10-6-7-12(17-9-10)11(8-16)14(19)21-15(2,3)4/h6-7,9,11H,5H2,1-4H3. The largest absolute Gasteiger partial charge is 0.462 e. The number of hydrogen-bond donors (Lipinski definition) is 0. The molecule has 112 valence electrons. The molecule has 0 fully saturated rings. The van der Waals surface area contributed by atoms with Crippen molar-refractivity contribution in [3.05, 3.63) is 29.6 Å². The monoisotopic (exact) mass is 290 g/mol. The van der Waals surface area contributed by atoms with Crippen LogP contribution in [0.2, 0.25) is 0 Å². The second-order valence-corrected chi connectivity index (χ2v) is 5.29. The fourth-order valence-corrected chi connectivity index (χ4v) is 1.51. The maximum absolute atomic E-state index is 11.9. The lowest BCUT2D eigenvalue weighted by Gasteiger charge is -2.21. The molecule has 0 N–H and O–H groups in total. The molecule has 0 aliphatic carbocycles. The van der Waals surface area contributed by atoms with Crippen molar-refractivity contribution in [3.8, 4) is 6.07 Å². The number of carbonyl (C=O) groups is 2. The zero-order valence-corrected chi connectivity index (χ0v) is 12.5. The Bertz CT molecular complexity index is 553. The van der Waals surface area contributed by atoms with E-state index in [-0.39, 0.29) is 17.9 Å². The van der Waals surface area contributed by atoms with Crippen LogP contribution in [0.1, 0.15) is 49.7 Å². The van der Waals surface area contributed by atoms with Crippen molar-refractivity contribution in [2.45, 2.75) is 39.2 Å². The van der Waals surface area contributed by atoms with Gasteiger partial charge in [0.2, 0.25) is 0 Å². The lowest BCUT2D eigenvalue weighted by atomic mass is 10.1. The van der Waals surface area contributed by atoms with E-state index in [0.717, 1.165) is 0 Å². The minimum atomic E-state index is -1.12. The molecule has 0 amide bonds. The smallest absolute Gasteiger partial charge is 0.339 e. The topological polar surface area (TPSA) is 89.3 Å². The van der Waals surface area contributed by atoms with Gasteiger partial charge in [-0.25, -0.2) is 4.79 Å². The molecule has 6 nitrogen and oxygen atoms in total. The summed E-state index contributed by atoms with van der Waals surface area (Å²) in [6, 6.07) is 4.78. The Hall–Kier alpha value is -2.42. The summed E-state index contributed by atoms with van der Waals surface area (Å²) in [5, 5.41) is 9.13. The normalized spacial score (nSPS) is 12.1. The van der Waals surface area contributed by atoms with Crippen molar-refractivity contribution in [2.24, 2.45) is 0 Å². The SMILES string of the molecule is CCOC(=O)c1ccc(C(C#N)C(=O)OC(C)(C)C)nc1. The second-order valence-electron chi connectivity index (χ2n) is 5.29. The number of pyridine rings is 1. The summed E-state index contributed by atoms with van der Waals surface area (Å²) < 4.78 is 10.0. The fourth-order valence-electron chi connectivity index (χ4n) is 1.51. The second kappa shape index (κ2) is 6.84. The van der Waals surface area contributed by atoms with Gasteiger partial charge in [0, 0.05) is 6.20 Å². The molecule has 1 rings (SSSR count). The molecule has 0 aromatic carbocycles. The number of nitriles is 1. The van der Waals surface area contributed by atoms with Crippen LogP contribution in [0, 0.1) is 11.3 Å². The highest BCUT2D eigenvalue weighted by Crippen LogP contribution is 2.19. The summed E-state index contributed by atoms with van der Waals surface area (Å²) >= 11 is 0. The first-order chi connectivity index (χ1) is 9.78. The Morgan fingerprint density at radius 3 is 2.48 bits per heavy atom. The van der Waals surface area contributed by atoms with E-state index in [9.17, 15) is 9.59 Å². The number of nitrogens with zero attached hydrogens (tertiary/aromatic N) is 2. The van der Waals surface area contributed by atoms with Crippen molar-refractivity contribution in [3.63, 3.8) is 0 Å². The van der Waals surface area contributed by atoms with Gasteiger partial charge >= 0.3 is 11.9 Å². The van der Waals surface area contributed by atoms with Crippen molar-refractivity contribution < 1.29 is 19.1 Å². The summed E-state index contributed by atoms with van der Waals surface area (Å²) in [6.07, 6.45) is 1.28. The predicted octanol–water partition coefficient (Wildman–Crippen LogP) is 2.21. The molecular formula is C15H18N2O4. The molecule has 21 heavy (non-hydrogen) atoms. The Labute approximate surface area is 123 Å². The summed E-state index contributed by atoms with van der Waals surface area (Å²) in [6.45, 7) is 7.12.